The summed E-state index contributed by atoms with van der Waals surface area (Å²) >= 11 is 0. The molecule has 0 saturated carbocycles. The maximum atomic E-state index is 9.29. The second kappa shape index (κ2) is 10.9. The number of rotatable bonds is 10. The minimum Gasteiger partial charge on any atom is -0.487 e. The first-order valence-electron chi connectivity index (χ1n) is 10.3. The third kappa shape index (κ3) is 6.06. The van der Waals surface area contributed by atoms with Gasteiger partial charge in [-0.15, -0.1) is 10.2 Å². The van der Waals surface area contributed by atoms with Crippen molar-refractivity contribution in [3.8, 4) is 17.4 Å². The van der Waals surface area contributed by atoms with Gasteiger partial charge in [0.05, 0.1) is 6.61 Å². The minimum atomic E-state index is -0.0398. The van der Waals surface area contributed by atoms with E-state index in [0.717, 1.165) is 16.7 Å². The van der Waals surface area contributed by atoms with Gasteiger partial charge in [-0.3, -0.25) is 0 Å². The molecule has 0 aliphatic carbocycles. The molecule has 0 fully saturated rings. The Kier molecular flexibility index (Phi) is 7.29. The number of benzene rings is 3. The molecule has 6 nitrogen and oxygen atoms in total. The molecule has 6 heteroatoms. The first kappa shape index (κ1) is 21.3. The maximum absolute atomic E-state index is 9.29. The lowest BCUT2D eigenvalue weighted by molar-refractivity contribution is 0.240. The Morgan fingerprint density at radius 3 is 1.94 bits per heavy atom. The summed E-state index contributed by atoms with van der Waals surface area (Å²) in [7, 11) is 0. The Morgan fingerprint density at radius 2 is 1.25 bits per heavy atom. The van der Waals surface area contributed by atoms with Crippen molar-refractivity contribution in [1.29, 1.82) is 0 Å². The van der Waals surface area contributed by atoms with Crippen LogP contribution in [0.4, 0.5) is 0 Å². The fourth-order valence-electron chi connectivity index (χ4n) is 3.03. The number of aliphatic hydroxyl groups is 1. The smallest absolute Gasteiger partial charge is 0.276 e. The Balaban J connectivity index is 1.48. The van der Waals surface area contributed by atoms with Crippen LogP contribution >= 0.6 is 0 Å². The number of ether oxygens (including phenoxy) is 3. The van der Waals surface area contributed by atoms with E-state index in [1.807, 2.05) is 78.9 Å². The average molecular weight is 428 g/mol. The van der Waals surface area contributed by atoms with Gasteiger partial charge < -0.3 is 19.3 Å². The zero-order valence-corrected chi connectivity index (χ0v) is 17.6. The van der Waals surface area contributed by atoms with E-state index in [2.05, 4.69) is 10.2 Å². The number of hydrogen-bond acceptors (Lipinski definition) is 6. The highest BCUT2D eigenvalue weighted by Crippen LogP contribution is 2.27. The molecule has 0 aliphatic rings. The van der Waals surface area contributed by atoms with E-state index < -0.39 is 0 Å². The number of aromatic nitrogens is 2. The first-order chi connectivity index (χ1) is 15.8. The molecule has 0 amide bonds. The molecular formula is C26H24N2O4. The molecule has 1 heterocycles. The lowest BCUT2D eigenvalue weighted by Gasteiger charge is -2.13. The molecule has 32 heavy (non-hydrogen) atoms. The Labute approximate surface area is 187 Å². The molecule has 4 aromatic rings. The van der Waals surface area contributed by atoms with Crippen molar-refractivity contribution >= 4 is 0 Å². The molecule has 162 valence electrons. The standard InChI is InChI=1S/C26H24N2O4/c29-16-22-12-7-13-24(14-22)30-19-23-15-25(31-17-20-8-3-1-4-9-20)26(28-27-23)32-18-21-10-5-2-6-11-21/h1-15,29H,16-19H2. The molecule has 4 rings (SSSR count). The quantitative estimate of drug-likeness (QED) is 0.395. The molecule has 0 spiro atoms. The van der Waals surface area contributed by atoms with Gasteiger partial charge in [0.25, 0.3) is 5.88 Å². The summed E-state index contributed by atoms with van der Waals surface area (Å²) in [5.41, 5.74) is 3.45. The fraction of sp³-hybridized carbons (Fsp3) is 0.154. The van der Waals surface area contributed by atoms with Crippen LogP contribution in [-0.4, -0.2) is 15.3 Å². The van der Waals surface area contributed by atoms with E-state index >= 15 is 0 Å². The van der Waals surface area contributed by atoms with Gasteiger partial charge in [-0.25, -0.2) is 0 Å². The van der Waals surface area contributed by atoms with E-state index in [4.69, 9.17) is 14.2 Å². The highest BCUT2D eigenvalue weighted by atomic mass is 16.5. The fourth-order valence-corrected chi connectivity index (χ4v) is 3.03. The highest BCUT2D eigenvalue weighted by molar-refractivity contribution is 5.35. The van der Waals surface area contributed by atoms with Gasteiger partial charge in [-0.05, 0) is 28.8 Å². The summed E-state index contributed by atoms with van der Waals surface area (Å²) in [4.78, 5) is 0. The molecule has 1 N–H and O–H groups in total. The highest BCUT2D eigenvalue weighted by Gasteiger charge is 2.12. The van der Waals surface area contributed by atoms with Gasteiger partial charge >= 0.3 is 0 Å². The van der Waals surface area contributed by atoms with Crippen LogP contribution in [0.15, 0.2) is 91.0 Å². The van der Waals surface area contributed by atoms with Gasteiger partial charge in [-0.2, -0.15) is 0 Å². The Bertz CT molecular complexity index is 1120. The van der Waals surface area contributed by atoms with E-state index in [1.165, 1.54) is 0 Å². The predicted molar refractivity (Wildman–Crippen MR) is 120 cm³/mol. The van der Waals surface area contributed by atoms with Crippen molar-refractivity contribution in [2.75, 3.05) is 0 Å². The largest absolute Gasteiger partial charge is 0.487 e. The molecule has 0 aliphatic heterocycles. The van der Waals surface area contributed by atoms with Crippen LogP contribution in [0.2, 0.25) is 0 Å². The van der Waals surface area contributed by atoms with Crippen molar-refractivity contribution < 1.29 is 19.3 Å². The normalized spacial score (nSPS) is 10.5. The Morgan fingerprint density at radius 1 is 0.594 bits per heavy atom. The molecule has 0 atom stereocenters. The molecule has 3 aromatic carbocycles. The topological polar surface area (TPSA) is 73.7 Å². The number of aliphatic hydroxyl groups excluding tert-OH is 1. The predicted octanol–water partition coefficient (Wildman–Crippen LogP) is 4.71. The minimum absolute atomic E-state index is 0.0398. The van der Waals surface area contributed by atoms with Gasteiger partial charge in [0.1, 0.15) is 31.3 Å². The number of hydrogen-bond donors (Lipinski definition) is 1. The lowest BCUT2D eigenvalue weighted by Crippen LogP contribution is -2.06. The maximum Gasteiger partial charge on any atom is 0.276 e. The van der Waals surface area contributed by atoms with Gasteiger partial charge in [0.15, 0.2) is 5.75 Å². The third-order valence-corrected chi connectivity index (χ3v) is 4.70. The zero-order chi connectivity index (χ0) is 22.0. The van der Waals surface area contributed by atoms with Gasteiger partial charge in [0, 0.05) is 6.07 Å². The monoisotopic (exact) mass is 428 g/mol. The van der Waals surface area contributed by atoms with Crippen molar-refractivity contribution in [1.82, 2.24) is 10.2 Å². The summed E-state index contributed by atoms with van der Waals surface area (Å²) < 4.78 is 17.7. The second-order valence-electron chi connectivity index (χ2n) is 7.15. The summed E-state index contributed by atoms with van der Waals surface area (Å²) in [6.45, 7) is 0.915. The van der Waals surface area contributed by atoms with Crippen LogP contribution in [0.1, 0.15) is 22.4 Å². The SMILES string of the molecule is OCc1cccc(OCc2cc(OCc3ccccc3)c(OCc3ccccc3)nn2)c1. The van der Waals surface area contributed by atoms with Crippen LogP contribution in [0.25, 0.3) is 0 Å². The average Bonchev–Trinajstić information content (AvgIpc) is 2.87. The Hall–Kier alpha value is -3.90. The first-order valence-corrected chi connectivity index (χ1v) is 10.3. The van der Waals surface area contributed by atoms with Crippen LogP contribution in [0.5, 0.6) is 17.4 Å². The lowest BCUT2D eigenvalue weighted by atomic mass is 10.2. The van der Waals surface area contributed by atoms with E-state index in [0.29, 0.717) is 36.3 Å². The van der Waals surface area contributed by atoms with Crippen molar-refractivity contribution in [3.63, 3.8) is 0 Å². The summed E-state index contributed by atoms with van der Waals surface area (Å²) in [6, 6.07) is 28.8. The van der Waals surface area contributed by atoms with Crippen LogP contribution < -0.4 is 14.2 Å². The number of nitrogens with zero attached hydrogens (tertiary/aromatic N) is 2. The molecule has 0 radical (unpaired) electrons. The van der Waals surface area contributed by atoms with Crippen molar-refractivity contribution in [2.45, 2.75) is 26.4 Å². The van der Waals surface area contributed by atoms with Crippen LogP contribution in [0.3, 0.4) is 0 Å². The van der Waals surface area contributed by atoms with Gasteiger partial charge in [0.2, 0.25) is 0 Å². The van der Waals surface area contributed by atoms with E-state index in [9.17, 15) is 5.11 Å². The molecule has 0 bridgehead atoms. The van der Waals surface area contributed by atoms with Crippen LogP contribution in [0, 0.1) is 0 Å². The zero-order valence-electron chi connectivity index (χ0n) is 17.6. The summed E-state index contributed by atoms with van der Waals surface area (Å²) in [6.07, 6.45) is 0. The van der Waals surface area contributed by atoms with Crippen molar-refractivity contribution in [3.05, 3.63) is 113 Å². The third-order valence-electron chi connectivity index (χ3n) is 4.70. The van der Waals surface area contributed by atoms with E-state index in [1.54, 1.807) is 12.1 Å². The van der Waals surface area contributed by atoms with E-state index in [-0.39, 0.29) is 13.2 Å². The van der Waals surface area contributed by atoms with Gasteiger partial charge in [-0.1, -0.05) is 72.8 Å². The molecular weight excluding hydrogens is 404 g/mol. The second-order valence-corrected chi connectivity index (χ2v) is 7.15. The summed E-state index contributed by atoms with van der Waals surface area (Å²) in [5, 5.41) is 17.8. The van der Waals surface area contributed by atoms with Crippen molar-refractivity contribution in [2.24, 2.45) is 0 Å². The molecule has 0 saturated heterocycles. The molecule has 0 unspecified atom stereocenters. The van der Waals surface area contributed by atoms with Crippen LogP contribution in [-0.2, 0) is 26.4 Å². The molecule has 1 aromatic heterocycles. The summed E-state index contributed by atoms with van der Waals surface area (Å²) in [5.74, 6) is 1.48.